The van der Waals surface area contributed by atoms with Gasteiger partial charge in [-0.2, -0.15) is 0 Å². The van der Waals surface area contributed by atoms with Gasteiger partial charge in [0.1, 0.15) is 6.61 Å². The van der Waals surface area contributed by atoms with Gasteiger partial charge in [0.2, 0.25) is 11.8 Å². The summed E-state index contributed by atoms with van der Waals surface area (Å²) in [6.07, 6.45) is 0. The van der Waals surface area contributed by atoms with Gasteiger partial charge in [0.05, 0.1) is 12.1 Å². The zero-order valence-electron chi connectivity index (χ0n) is 9.87. The first-order valence-corrected chi connectivity index (χ1v) is 4.96. The Kier molecular flexibility index (Phi) is 5.28. The molecule has 0 aromatic rings. The minimum Gasteiger partial charge on any atom is -0.368 e. The second-order valence-electron chi connectivity index (χ2n) is 4.28. The number of primary amides is 1. The van der Waals surface area contributed by atoms with Crippen LogP contribution in [0.1, 0.15) is 27.7 Å². The van der Waals surface area contributed by atoms with Crippen LogP contribution in [-0.4, -0.2) is 42.0 Å². The highest BCUT2D eigenvalue weighted by Gasteiger charge is 2.17. The van der Waals surface area contributed by atoms with Crippen molar-refractivity contribution in [2.24, 2.45) is 5.73 Å². The van der Waals surface area contributed by atoms with Gasteiger partial charge < -0.3 is 15.4 Å². The van der Waals surface area contributed by atoms with Crippen LogP contribution in [0.4, 0.5) is 0 Å². The van der Waals surface area contributed by atoms with Crippen molar-refractivity contribution >= 4 is 11.8 Å². The van der Waals surface area contributed by atoms with Gasteiger partial charge in [-0.25, -0.2) is 0 Å². The summed E-state index contributed by atoms with van der Waals surface area (Å²) in [4.78, 5) is 23.6. The fourth-order valence-corrected chi connectivity index (χ4v) is 0.934. The predicted molar refractivity (Wildman–Crippen MR) is 57.2 cm³/mol. The Balaban J connectivity index is 4.11. The van der Waals surface area contributed by atoms with E-state index >= 15 is 0 Å². The van der Waals surface area contributed by atoms with E-state index in [-0.39, 0.29) is 24.7 Å². The third-order valence-electron chi connectivity index (χ3n) is 1.71. The summed E-state index contributed by atoms with van der Waals surface area (Å²) in [6, 6.07) is 0. The van der Waals surface area contributed by atoms with Gasteiger partial charge in [0, 0.05) is 6.54 Å². The summed E-state index contributed by atoms with van der Waals surface area (Å²) in [5.74, 6) is -0.729. The topological polar surface area (TPSA) is 72.6 Å². The first kappa shape index (κ1) is 13.9. The van der Waals surface area contributed by atoms with E-state index in [9.17, 15) is 9.59 Å². The summed E-state index contributed by atoms with van der Waals surface area (Å²) in [6.45, 7) is 7.76. The largest absolute Gasteiger partial charge is 0.368 e. The van der Waals surface area contributed by atoms with Gasteiger partial charge in [-0.1, -0.05) is 0 Å². The van der Waals surface area contributed by atoms with Crippen molar-refractivity contribution in [1.82, 2.24) is 4.90 Å². The fourth-order valence-electron chi connectivity index (χ4n) is 0.934. The molecule has 0 aliphatic rings. The molecule has 0 atom stereocenters. The van der Waals surface area contributed by atoms with Gasteiger partial charge in [0.15, 0.2) is 0 Å². The van der Waals surface area contributed by atoms with Gasteiger partial charge in [-0.05, 0) is 27.7 Å². The molecule has 0 bridgehead atoms. The zero-order chi connectivity index (χ0) is 12.1. The number of amides is 2. The van der Waals surface area contributed by atoms with Crippen LogP contribution in [0.3, 0.4) is 0 Å². The summed E-state index contributed by atoms with van der Waals surface area (Å²) in [5.41, 5.74) is 4.66. The lowest BCUT2D eigenvalue weighted by Gasteiger charge is -2.23. The van der Waals surface area contributed by atoms with Crippen LogP contribution in [0, 0.1) is 0 Å². The minimum absolute atomic E-state index is 0.0232. The molecular weight excluding hydrogens is 196 g/mol. The van der Waals surface area contributed by atoms with E-state index in [0.29, 0.717) is 6.54 Å². The number of carbonyl (C=O) groups is 2. The van der Waals surface area contributed by atoms with Crippen molar-refractivity contribution in [3.8, 4) is 0 Å². The van der Waals surface area contributed by atoms with Crippen LogP contribution >= 0.6 is 0 Å². The predicted octanol–water partition coefficient (Wildman–Crippen LogP) is 0.135. The van der Waals surface area contributed by atoms with Crippen LogP contribution in [0.5, 0.6) is 0 Å². The Labute approximate surface area is 90.6 Å². The van der Waals surface area contributed by atoms with Crippen molar-refractivity contribution in [3.63, 3.8) is 0 Å². The lowest BCUT2D eigenvalue weighted by molar-refractivity contribution is -0.143. The normalized spacial score (nSPS) is 11.2. The van der Waals surface area contributed by atoms with Gasteiger partial charge in [0.25, 0.3) is 0 Å². The zero-order valence-corrected chi connectivity index (χ0v) is 9.87. The molecule has 0 spiro atoms. The molecule has 0 saturated carbocycles. The Morgan fingerprint density at radius 3 is 2.20 bits per heavy atom. The Bertz CT molecular complexity index is 233. The number of likely N-dealkylation sites (N-methyl/N-ethyl adjacent to an activating group) is 1. The molecule has 0 unspecified atom stereocenters. The molecule has 0 aromatic carbocycles. The molecule has 5 nitrogen and oxygen atoms in total. The lowest BCUT2D eigenvalue weighted by Crippen LogP contribution is -2.41. The standard InChI is InChI=1S/C10H20N2O3/c1-5-12(6-8(11)13)9(14)7-15-10(2,3)4/h5-7H2,1-4H3,(H2,11,13). The average molecular weight is 216 g/mol. The molecule has 0 radical (unpaired) electrons. The molecule has 0 saturated heterocycles. The summed E-state index contributed by atoms with van der Waals surface area (Å²) in [5, 5.41) is 0. The number of ether oxygens (including phenoxy) is 1. The van der Waals surface area contributed by atoms with Crippen molar-refractivity contribution in [2.45, 2.75) is 33.3 Å². The molecule has 2 N–H and O–H groups in total. The van der Waals surface area contributed by atoms with Crippen molar-refractivity contribution in [2.75, 3.05) is 19.7 Å². The lowest BCUT2D eigenvalue weighted by atomic mass is 10.2. The van der Waals surface area contributed by atoms with Crippen LogP contribution in [0.25, 0.3) is 0 Å². The Hall–Kier alpha value is -1.10. The van der Waals surface area contributed by atoms with Gasteiger partial charge in [-0.15, -0.1) is 0 Å². The van der Waals surface area contributed by atoms with Crippen molar-refractivity contribution < 1.29 is 14.3 Å². The molecule has 0 aliphatic carbocycles. The molecule has 2 amide bonds. The number of nitrogens with zero attached hydrogens (tertiary/aromatic N) is 1. The second kappa shape index (κ2) is 5.70. The maximum absolute atomic E-state index is 11.5. The third kappa shape index (κ3) is 6.90. The minimum atomic E-state index is -0.513. The van der Waals surface area contributed by atoms with Crippen LogP contribution in [0.2, 0.25) is 0 Å². The number of hydrogen-bond acceptors (Lipinski definition) is 3. The molecular formula is C10H20N2O3. The second-order valence-corrected chi connectivity index (χ2v) is 4.28. The maximum atomic E-state index is 11.5. The SMILES string of the molecule is CCN(CC(N)=O)C(=O)COC(C)(C)C. The Morgan fingerprint density at radius 1 is 1.33 bits per heavy atom. The van der Waals surface area contributed by atoms with Gasteiger partial charge in [-0.3, -0.25) is 9.59 Å². The quantitative estimate of drug-likeness (QED) is 0.710. The molecule has 0 rings (SSSR count). The van der Waals surface area contributed by atoms with Gasteiger partial charge >= 0.3 is 0 Å². The van der Waals surface area contributed by atoms with E-state index in [1.54, 1.807) is 6.92 Å². The Morgan fingerprint density at radius 2 is 1.87 bits per heavy atom. The maximum Gasteiger partial charge on any atom is 0.249 e. The van der Waals surface area contributed by atoms with Crippen LogP contribution in [-0.2, 0) is 14.3 Å². The van der Waals surface area contributed by atoms with Crippen molar-refractivity contribution in [1.29, 1.82) is 0 Å². The number of rotatable bonds is 5. The highest BCUT2D eigenvalue weighted by atomic mass is 16.5. The highest BCUT2D eigenvalue weighted by molar-refractivity contribution is 5.84. The smallest absolute Gasteiger partial charge is 0.249 e. The summed E-state index contributed by atoms with van der Waals surface area (Å²) in [7, 11) is 0. The number of carbonyl (C=O) groups excluding carboxylic acids is 2. The van der Waals surface area contributed by atoms with Crippen LogP contribution < -0.4 is 5.73 Å². The first-order valence-electron chi connectivity index (χ1n) is 4.96. The molecule has 0 heterocycles. The van der Waals surface area contributed by atoms with Crippen molar-refractivity contribution in [3.05, 3.63) is 0 Å². The molecule has 0 aliphatic heterocycles. The van der Waals surface area contributed by atoms with Crippen LogP contribution in [0.15, 0.2) is 0 Å². The molecule has 15 heavy (non-hydrogen) atoms. The van der Waals surface area contributed by atoms with E-state index in [0.717, 1.165) is 0 Å². The third-order valence-corrected chi connectivity index (χ3v) is 1.71. The van der Waals surface area contributed by atoms with E-state index in [1.165, 1.54) is 4.90 Å². The molecule has 0 aromatic heterocycles. The number of hydrogen-bond donors (Lipinski definition) is 1. The monoisotopic (exact) mass is 216 g/mol. The van der Waals surface area contributed by atoms with E-state index in [4.69, 9.17) is 10.5 Å². The summed E-state index contributed by atoms with van der Waals surface area (Å²) >= 11 is 0. The van der Waals surface area contributed by atoms with E-state index < -0.39 is 5.91 Å². The first-order chi connectivity index (χ1) is 6.76. The molecule has 0 fully saturated rings. The highest BCUT2D eigenvalue weighted by Crippen LogP contribution is 2.06. The molecule has 88 valence electrons. The van der Waals surface area contributed by atoms with E-state index in [2.05, 4.69) is 0 Å². The number of nitrogens with two attached hydrogens (primary N) is 1. The summed E-state index contributed by atoms with van der Waals surface area (Å²) < 4.78 is 5.31. The molecule has 5 heteroatoms. The fraction of sp³-hybridized carbons (Fsp3) is 0.800. The average Bonchev–Trinajstić information content (AvgIpc) is 2.08. The van der Waals surface area contributed by atoms with E-state index in [1.807, 2.05) is 20.8 Å².